The SMILES string of the molecule is C.C.CC.CO.NC(NCCCCCCNC(N)NC(N)Nc1ccc(Cl)cc1)NC(N)Nc1ccc(Cl)cc1.O.O.O.O.O=CO.[HH].[HH].[HH].[HH]. The number of nitrogens with one attached hydrogen (secondary N) is 6. The summed E-state index contributed by atoms with van der Waals surface area (Å²) in [6.45, 7) is 5.34. The maximum atomic E-state index is 8.36. The van der Waals surface area contributed by atoms with Crippen LogP contribution in [0.4, 0.5) is 11.4 Å². The minimum absolute atomic E-state index is 0. The predicted octanol–water partition coefficient (Wildman–Crippen LogP) is 0.698. The number of hydrogen-bond acceptors (Lipinski definition) is 12. The summed E-state index contributed by atoms with van der Waals surface area (Å²) in [7, 11) is 1.00. The number of aliphatic hydroxyl groups excluding tert-OH is 1. The van der Waals surface area contributed by atoms with Gasteiger partial charge in [-0.05, 0) is 74.5 Å². The molecule has 47 heavy (non-hydrogen) atoms. The molecule has 292 valence electrons. The Labute approximate surface area is 296 Å². The van der Waals surface area contributed by atoms with Gasteiger partial charge < -0.3 is 54.2 Å². The van der Waals surface area contributed by atoms with Gasteiger partial charge in [-0.15, -0.1) is 0 Å². The van der Waals surface area contributed by atoms with Crippen molar-refractivity contribution >= 4 is 41.0 Å². The normalized spacial score (nSPS) is 11.3. The van der Waals surface area contributed by atoms with Crippen LogP contribution in [0.15, 0.2) is 48.5 Å². The summed E-state index contributed by atoms with van der Waals surface area (Å²) in [4.78, 5) is 8.36. The second-order valence-electron chi connectivity index (χ2n) is 7.97. The third-order valence-corrected chi connectivity index (χ3v) is 5.39. The first-order valence-electron chi connectivity index (χ1n) is 13.3. The molecule has 2 rings (SSSR count). The first-order valence-corrected chi connectivity index (χ1v) is 14.1. The van der Waals surface area contributed by atoms with E-state index in [1.165, 1.54) is 0 Å². The van der Waals surface area contributed by atoms with E-state index in [-0.39, 0.29) is 48.9 Å². The fourth-order valence-corrected chi connectivity index (χ4v) is 3.41. The first-order chi connectivity index (χ1) is 19.7. The number of aliphatic hydroxyl groups is 1. The summed E-state index contributed by atoms with van der Waals surface area (Å²) >= 11 is 11.8. The van der Waals surface area contributed by atoms with E-state index in [9.17, 15) is 0 Å². The summed E-state index contributed by atoms with van der Waals surface area (Å²) in [5.74, 6) is 0. The van der Waals surface area contributed by atoms with E-state index >= 15 is 0 Å². The van der Waals surface area contributed by atoms with Crippen molar-refractivity contribution in [3.05, 3.63) is 58.6 Å². The molecule has 4 atom stereocenters. The lowest BCUT2D eigenvalue weighted by atomic mass is 10.2. The van der Waals surface area contributed by atoms with Gasteiger partial charge in [0.05, 0.1) is 0 Å². The Bertz CT molecular complexity index is 821. The van der Waals surface area contributed by atoms with Crippen LogP contribution in [-0.4, -0.2) is 83.9 Å². The molecule has 0 fully saturated rings. The van der Waals surface area contributed by atoms with Crippen LogP contribution >= 0.6 is 23.2 Å². The van der Waals surface area contributed by atoms with Crippen molar-refractivity contribution in [1.82, 2.24) is 21.3 Å². The standard InChI is InChI=1S/C22H38Cl2N10.C2H6.CH2O2.CH4O.2CH4.4H2O.4H2/c23-15-5-9-17(10-6-15)31-21(27)33-19(25)29-13-3-1-2-4-14-30-20(26)34-22(28)32-18-11-7-16(24)8-12-18;1-2;2-1-3;1-2;;;;;;;;;;/h5-12,19-22,29-34H,1-4,13-14,25-28H2;1-2H3;1H,(H,2,3);2H,1H3;2*1H4;4*1H2;4*1H. The number of carbonyl (C=O) groups is 1. The van der Waals surface area contributed by atoms with Gasteiger partial charge >= 0.3 is 0 Å². The molecule has 0 aromatic heterocycles. The molecule has 19 heteroatoms. The molecule has 0 amide bonds. The Morgan fingerprint density at radius 3 is 1.15 bits per heavy atom. The van der Waals surface area contributed by atoms with Crippen LogP contribution in [0.25, 0.3) is 0 Å². The van der Waals surface area contributed by atoms with E-state index in [2.05, 4.69) is 31.9 Å². The van der Waals surface area contributed by atoms with E-state index in [4.69, 9.17) is 61.1 Å². The molecule has 2 aromatic rings. The average molecular weight is 734 g/mol. The van der Waals surface area contributed by atoms with Crippen molar-refractivity contribution in [2.24, 2.45) is 22.9 Å². The molecular formula is C28H74Cl2N10O7. The molecule has 17 nitrogen and oxygen atoms in total. The zero-order chi connectivity index (χ0) is 31.5. The molecule has 0 saturated carbocycles. The minimum atomic E-state index is -0.484. The number of unbranched alkanes of at least 4 members (excludes halogenated alkanes) is 3. The number of rotatable bonds is 17. The van der Waals surface area contributed by atoms with Crippen LogP contribution in [0, 0.1) is 0 Å². The first kappa shape index (κ1) is 63.3. The van der Waals surface area contributed by atoms with E-state index in [0.29, 0.717) is 10.0 Å². The van der Waals surface area contributed by atoms with Gasteiger partial charge in [-0.25, -0.2) is 0 Å². The number of hydrogen-bond donors (Lipinski definition) is 12. The number of benzene rings is 2. The van der Waals surface area contributed by atoms with Crippen molar-refractivity contribution < 1.29 is 42.6 Å². The lowest BCUT2D eigenvalue weighted by Crippen LogP contribution is -2.58. The van der Waals surface area contributed by atoms with Crippen molar-refractivity contribution in [1.29, 1.82) is 0 Å². The van der Waals surface area contributed by atoms with Gasteiger partial charge in [-0.1, -0.05) is 64.7 Å². The molecule has 0 spiro atoms. The number of halogens is 2. The number of anilines is 2. The smallest absolute Gasteiger partial charge is 0.290 e. The Kier molecular flexibility index (Phi) is 58.6. The summed E-state index contributed by atoms with van der Waals surface area (Å²) in [5.41, 5.74) is 25.8. The van der Waals surface area contributed by atoms with Crippen LogP contribution in [-0.2, 0) is 4.79 Å². The third-order valence-electron chi connectivity index (χ3n) is 4.88. The van der Waals surface area contributed by atoms with E-state index in [0.717, 1.165) is 57.3 Å². The fraction of sp³-hybridized carbons (Fsp3) is 0.536. The van der Waals surface area contributed by atoms with Crippen molar-refractivity contribution in [3.63, 3.8) is 0 Å². The zero-order valence-electron chi connectivity index (χ0n) is 26.1. The van der Waals surface area contributed by atoms with Gasteiger partial charge in [0.15, 0.2) is 0 Å². The summed E-state index contributed by atoms with van der Waals surface area (Å²) in [5, 5.41) is 34.0. The molecule has 0 aliphatic heterocycles. The highest BCUT2D eigenvalue weighted by Gasteiger charge is 2.08. The maximum Gasteiger partial charge on any atom is 0.290 e. The van der Waals surface area contributed by atoms with Crippen LogP contribution in [0.2, 0.25) is 10.0 Å². The molecule has 4 unspecified atom stereocenters. The average Bonchev–Trinajstić information content (AvgIpc) is 2.95. The van der Waals surface area contributed by atoms with Gasteiger partial charge in [-0.3, -0.25) is 37.5 Å². The van der Waals surface area contributed by atoms with E-state index in [1.807, 2.05) is 38.1 Å². The summed E-state index contributed by atoms with van der Waals surface area (Å²) in [6, 6.07) is 14.6. The highest BCUT2D eigenvalue weighted by molar-refractivity contribution is 6.30. The van der Waals surface area contributed by atoms with Crippen LogP contribution < -0.4 is 54.8 Å². The van der Waals surface area contributed by atoms with Gasteiger partial charge in [-0.2, -0.15) is 0 Å². The Balaban J connectivity index is -0.0000000835. The van der Waals surface area contributed by atoms with Crippen molar-refractivity contribution in [2.45, 2.75) is 79.5 Å². The van der Waals surface area contributed by atoms with E-state index in [1.54, 1.807) is 24.3 Å². The molecule has 0 radical (unpaired) electrons. The largest absolute Gasteiger partial charge is 0.483 e. The lowest BCUT2D eigenvalue weighted by molar-refractivity contribution is -0.122. The monoisotopic (exact) mass is 733 g/mol. The highest BCUT2D eigenvalue weighted by atomic mass is 35.5. The van der Waals surface area contributed by atoms with Crippen LogP contribution in [0.5, 0.6) is 0 Å². The van der Waals surface area contributed by atoms with Gasteiger partial charge in [0.2, 0.25) is 0 Å². The number of carboxylic acid groups (broad SMARTS) is 1. The Morgan fingerprint density at radius 1 is 0.638 bits per heavy atom. The summed E-state index contributed by atoms with van der Waals surface area (Å²) in [6.07, 6.45) is 2.39. The van der Waals surface area contributed by atoms with Crippen LogP contribution in [0.1, 0.15) is 60.1 Å². The predicted molar refractivity (Wildman–Crippen MR) is 207 cm³/mol. The third kappa shape index (κ3) is 37.9. The molecule has 0 heterocycles. The maximum absolute atomic E-state index is 8.36. The quantitative estimate of drug-likeness (QED) is 0.0606. The van der Waals surface area contributed by atoms with E-state index < -0.39 is 25.2 Å². The Morgan fingerprint density at radius 2 is 0.894 bits per heavy atom. The molecule has 0 aliphatic rings. The van der Waals surface area contributed by atoms with Gasteiger partial charge in [0.1, 0.15) is 25.2 Å². The topological polar surface area (TPSA) is 360 Å². The van der Waals surface area contributed by atoms with Crippen molar-refractivity contribution in [2.75, 3.05) is 30.8 Å². The highest BCUT2D eigenvalue weighted by Crippen LogP contribution is 2.14. The molecule has 24 N–H and O–H groups in total. The second kappa shape index (κ2) is 43.6. The Hall–Kier alpha value is -2.43. The van der Waals surface area contributed by atoms with Gasteiger partial charge in [0.25, 0.3) is 6.47 Å². The van der Waals surface area contributed by atoms with Gasteiger partial charge in [0, 0.05) is 34.2 Å². The number of nitrogens with two attached hydrogens (primary N) is 4. The summed E-state index contributed by atoms with van der Waals surface area (Å²) < 4.78 is 0. The molecule has 0 aliphatic carbocycles. The van der Waals surface area contributed by atoms with Crippen molar-refractivity contribution in [3.8, 4) is 0 Å². The molecule has 0 saturated heterocycles. The van der Waals surface area contributed by atoms with Crippen LogP contribution in [0.3, 0.4) is 0 Å². The molecule has 0 bridgehead atoms. The zero-order valence-corrected chi connectivity index (χ0v) is 27.6. The second-order valence-corrected chi connectivity index (χ2v) is 8.85. The molecular weight excluding hydrogens is 659 g/mol. The fourth-order valence-electron chi connectivity index (χ4n) is 3.16. The minimum Gasteiger partial charge on any atom is -0.483 e. The molecule has 2 aromatic carbocycles. The lowest BCUT2D eigenvalue weighted by Gasteiger charge is -2.23.